The van der Waals surface area contributed by atoms with Crippen LogP contribution >= 0.6 is 0 Å². The van der Waals surface area contributed by atoms with Crippen molar-refractivity contribution in [3.05, 3.63) is 12.7 Å². The SMILES string of the molecule is C=CCCCC[C@@](C)(C(=O)OC)N(C)C. The quantitative estimate of drug-likeness (QED) is 0.369. The number of likely N-dealkylation sites (N-methyl/N-ethyl adjacent to an activating group) is 1. The van der Waals surface area contributed by atoms with Gasteiger partial charge in [-0.3, -0.25) is 9.69 Å². The molecule has 0 spiro atoms. The molecule has 0 saturated carbocycles. The Bertz CT molecular complexity index is 214. The average Bonchev–Trinajstić information content (AvgIpc) is 2.22. The number of rotatable bonds is 7. The number of hydrogen-bond acceptors (Lipinski definition) is 3. The number of nitrogens with zero attached hydrogens (tertiary/aromatic N) is 1. The van der Waals surface area contributed by atoms with Gasteiger partial charge in [-0.25, -0.2) is 0 Å². The van der Waals surface area contributed by atoms with E-state index < -0.39 is 5.54 Å². The van der Waals surface area contributed by atoms with Crippen molar-refractivity contribution in [3.63, 3.8) is 0 Å². The van der Waals surface area contributed by atoms with Crippen molar-refractivity contribution in [2.45, 2.75) is 38.1 Å². The Morgan fingerprint density at radius 1 is 1.47 bits per heavy atom. The van der Waals surface area contributed by atoms with E-state index in [1.54, 1.807) is 0 Å². The number of ether oxygens (including phenoxy) is 1. The molecule has 0 aromatic heterocycles. The molecule has 88 valence electrons. The second-order valence-corrected chi connectivity index (χ2v) is 4.19. The molecule has 0 N–H and O–H groups in total. The number of hydrogen-bond donors (Lipinski definition) is 0. The van der Waals surface area contributed by atoms with Gasteiger partial charge >= 0.3 is 5.97 Å². The number of esters is 1. The lowest BCUT2D eigenvalue weighted by molar-refractivity contribution is -0.153. The van der Waals surface area contributed by atoms with E-state index in [2.05, 4.69) is 6.58 Å². The molecule has 3 nitrogen and oxygen atoms in total. The van der Waals surface area contributed by atoms with E-state index in [9.17, 15) is 4.79 Å². The topological polar surface area (TPSA) is 29.5 Å². The van der Waals surface area contributed by atoms with E-state index in [1.165, 1.54) is 7.11 Å². The van der Waals surface area contributed by atoms with Crippen molar-refractivity contribution in [2.75, 3.05) is 21.2 Å². The van der Waals surface area contributed by atoms with Crippen LogP contribution in [0.1, 0.15) is 32.6 Å². The van der Waals surface area contributed by atoms with Crippen LogP contribution < -0.4 is 0 Å². The van der Waals surface area contributed by atoms with Gasteiger partial charge < -0.3 is 4.74 Å². The number of allylic oxidation sites excluding steroid dienone is 1. The molecule has 0 unspecified atom stereocenters. The van der Waals surface area contributed by atoms with Crippen LogP contribution in [0.2, 0.25) is 0 Å². The van der Waals surface area contributed by atoms with Crippen LogP contribution in [0.25, 0.3) is 0 Å². The number of unbranched alkanes of at least 4 members (excludes halogenated alkanes) is 2. The fraction of sp³-hybridized carbons (Fsp3) is 0.750. The highest BCUT2D eigenvalue weighted by Crippen LogP contribution is 2.21. The van der Waals surface area contributed by atoms with Crippen molar-refractivity contribution in [3.8, 4) is 0 Å². The summed E-state index contributed by atoms with van der Waals surface area (Å²) in [7, 11) is 5.25. The summed E-state index contributed by atoms with van der Waals surface area (Å²) in [5.41, 5.74) is -0.504. The predicted molar refractivity (Wildman–Crippen MR) is 62.8 cm³/mol. The highest BCUT2D eigenvalue weighted by Gasteiger charge is 2.35. The Kier molecular flexibility index (Phi) is 6.25. The summed E-state index contributed by atoms with van der Waals surface area (Å²) >= 11 is 0. The molecule has 0 bridgehead atoms. The van der Waals surface area contributed by atoms with Gasteiger partial charge in [-0.2, -0.15) is 0 Å². The Balaban J connectivity index is 4.26. The Labute approximate surface area is 93.1 Å². The Morgan fingerprint density at radius 2 is 2.07 bits per heavy atom. The number of carbonyl (C=O) groups excluding carboxylic acids is 1. The molecule has 0 aliphatic rings. The molecule has 15 heavy (non-hydrogen) atoms. The van der Waals surface area contributed by atoms with Crippen LogP contribution in [0.4, 0.5) is 0 Å². The summed E-state index contributed by atoms with van der Waals surface area (Å²) in [6.07, 6.45) is 5.82. The van der Waals surface area contributed by atoms with Crippen molar-refractivity contribution in [1.29, 1.82) is 0 Å². The second-order valence-electron chi connectivity index (χ2n) is 4.19. The number of carbonyl (C=O) groups is 1. The minimum atomic E-state index is -0.504. The highest BCUT2D eigenvalue weighted by molar-refractivity contribution is 5.80. The standard InChI is InChI=1S/C12H23NO2/c1-6-7-8-9-10-12(2,13(3)4)11(14)15-5/h6H,1,7-10H2,2-5H3/t12-/m0/s1. The lowest BCUT2D eigenvalue weighted by atomic mass is 9.93. The first kappa shape index (κ1) is 14.2. The molecule has 1 atom stereocenters. The van der Waals surface area contributed by atoms with Crippen LogP contribution in [0.3, 0.4) is 0 Å². The third-order valence-electron chi connectivity index (χ3n) is 2.93. The molecule has 0 aliphatic heterocycles. The first-order chi connectivity index (χ1) is 6.99. The zero-order valence-electron chi connectivity index (χ0n) is 10.4. The van der Waals surface area contributed by atoms with E-state index in [-0.39, 0.29) is 5.97 Å². The van der Waals surface area contributed by atoms with E-state index in [0.717, 1.165) is 25.7 Å². The Morgan fingerprint density at radius 3 is 2.47 bits per heavy atom. The lowest BCUT2D eigenvalue weighted by Crippen LogP contribution is -2.49. The van der Waals surface area contributed by atoms with Crippen molar-refractivity contribution in [2.24, 2.45) is 0 Å². The maximum Gasteiger partial charge on any atom is 0.325 e. The van der Waals surface area contributed by atoms with Crippen molar-refractivity contribution in [1.82, 2.24) is 4.90 Å². The molecule has 0 heterocycles. The molecule has 3 heteroatoms. The predicted octanol–water partition coefficient (Wildman–Crippen LogP) is 2.23. The van der Waals surface area contributed by atoms with Crippen LogP contribution in [0.15, 0.2) is 12.7 Å². The van der Waals surface area contributed by atoms with Gasteiger partial charge in [0.15, 0.2) is 0 Å². The first-order valence-corrected chi connectivity index (χ1v) is 5.35. The largest absolute Gasteiger partial charge is 0.468 e. The third-order valence-corrected chi connectivity index (χ3v) is 2.93. The van der Waals surface area contributed by atoms with Crippen LogP contribution in [-0.4, -0.2) is 37.6 Å². The zero-order valence-corrected chi connectivity index (χ0v) is 10.4. The summed E-state index contributed by atoms with van der Waals surface area (Å²) in [4.78, 5) is 13.6. The molecule has 0 rings (SSSR count). The fourth-order valence-corrected chi connectivity index (χ4v) is 1.49. The van der Waals surface area contributed by atoms with Gasteiger partial charge in [-0.1, -0.05) is 12.5 Å². The molecular formula is C12H23NO2. The summed E-state index contributed by atoms with van der Waals surface area (Å²) in [5.74, 6) is -0.161. The number of methoxy groups -OCH3 is 1. The summed E-state index contributed by atoms with van der Waals surface area (Å²) in [5, 5.41) is 0. The first-order valence-electron chi connectivity index (χ1n) is 5.35. The minimum absolute atomic E-state index is 0.161. The van der Waals surface area contributed by atoms with Crippen molar-refractivity contribution >= 4 is 5.97 Å². The maximum atomic E-state index is 11.7. The molecule has 0 aromatic rings. The fourth-order valence-electron chi connectivity index (χ4n) is 1.49. The normalized spacial score (nSPS) is 14.7. The Hall–Kier alpha value is -0.830. The smallest absolute Gasteiger partial charge is 0.325 e. The van der Waals surface area contributed by atoms with Crippen LogP contribution in [-0.2, 0) is 9.53 Å². The molecule has 0 fully saturated rings. The van der Waals surface area contributed by atoms with E-state index in [4.69, 9.17) is 4.74 Å². The van der Waals surface area contributed by atoms with Gasteiger partial charge in [-0.05, 0) is 40.3 Å². The van der Waals surface area contributed by atoms with Gasteiger partial charge in [0.2, 0.25) is 0 Å². The minimum Gasteiger partial charge on any atom is -0.468 e. The summed E-state index contributed by atoms with van der Waals surface area (Å²) < 4.78 is 4.83. The molecule has 0 amide bonds. The second kappa shape index (κ2) is 6.62. The average molecular weight is 213 g/mol. The molecular weight excluding hydrogens is 190 g/mol. The molecule has 0 radical (unpaired) electrons. The zero-order chi connectivity index (χ0) is 11.9. The van der Waals surface area contributed by atoms with Crippen LogP contribution in [0.5, 0.6) is 0 Å². The van der Waals surface area contributed by atoms with Gasteiger partial charge in [0.1, 0.15) is 5.54 Å². The molecule has 0 saturated heterocycles. The van der Waals surface area contributed by atoms with Gasteiger partial charge in [0.05, 0.1) is 7.11 Å². The van der Waals surface area contributed by atoms with E-state index >= 15 is 0 Å². The highest BCUT2D eigenvalue weighted by atomic mass is 16.5. The van der Waals surface area contributed by atoms with Gasteiger partial charge in [0.25, 0.3) is 0 Å². The van der Waals surface area contributed by atoms with E-state index in [0.29, 0.717) is 0 Å². The third kappa shape index (κ3) is 4.04. The van der Waals surface area contributed by atoms with E-state index in [1.807, 2.05) is 32.0 Å². The van der Waals surface area contributed by atoms with Crippen molar-refractivity contribution < 1.29 is 9.53 Å². The van der Waals surface area contributed by atoms with Gasteiger partial charge in [0, 0.05) is 0 Å². The maximum absolute atomic E-state index is 11.7. The monoisotopic (exact) mass is 213 g/mol. The summed E-state index contributed by atoms with van der Waals surface area (Å²) in [6.45, 7) is 5.60. The lowest BCUT2D eigenvalue weighted by Gasteiger charge is -2.33. The molecule has 0 aliphatic carbocycles. The summed E-state index contributed by atoms with van der Waals surface area (Å²) in [6, 6.07) is 0. The molecule has 0 aromatic carbocycles. The van der Waals surface area contributed by atoms with Crippen LogP contribution in [0, 0.1) is 0 Å². The van der Waals surface area contributed by atoms with Gasteiger partial charge in [-0.15, -0.1) is 6.58 Å².